The van der Waals surface area contributed by atoms with Crippen LogP contribution < -0.4 is 0 Å². The van der Waals surface area contributed by atoms with Crippen LogP contribution in [0.25, 0.3) is 0 Å². The van der Waals surface area contributed by atoms with E-state index in [-0.39, 0.29) is 0 Å². The van der Waals surface area contributed by atoms with Gasteiger partial charge in [0.15, 0.2) is 0 Å². The first-order valence-electron chi connectivity index (χ1n) is 5.34. The first-order valence-corrected chi connectivity index (χ1v) is 7.15. The van der Waals surface area contributed by atoms with Gasteiger partial charge in [-0.05, 0) is 42.7 Å². The van der Waals surface area contributed by atoms with Gasteiger partial charge in [0.25, 0.3) is 0 Å². The highest BCUT2D eigenvalue weighted by Crippen LogP contribution is 2.22. The van der Waals surface area contributed by atoms with Gasteiger partial charge in [0, 0.05) is 15.5 Å². The van der Waals surface area contributed by atoms with Crippen LogP contribution in [0.4, 0.5) is 0 Å². The van der Waals surface area contributed by atoms with Crippen LogP contribution >= 0.6 is 23.1 Å². The lowest BCUT2D eigenvalue weighted by atomic mass is 10.1. The zero-order valence-corrected chi connectivity index (χ0v) is 11.0. The summed E-state index contributed by atoms with van der Waals surface area (Å²) in [5, 5.41) is 10.6. The molecule has 0 saturated heterocycles. The quantitative estimate of drug-likeness (QED) is 0.698. The van der Waals surface area contributed by atoms with E-state index in [2.05, 4.69) is 31.4 Å². The third-order valence-electron chi connectivity index (χ3n) is 2.20. The Labute approximate surface area is 101 Å². The predicted molar refractivity (Wildman–Crippen MR) is 69.3 cm³/mol. The number of hydrogen-bond donors (Lipinski definition) is 0. The molecule has 82 valence electrons. The summed E-state index contributed by atoms with van der Waals surface area (Å²) in [6, 6.07) is 4.48. The molecule has 15 heavy (non-hydrogen) atoms. The minimum absolute atomic E-state index is 0.600. The van der Waals surface area contributed by atoms with Gasteiger partial charge in [0.1, 0.15) is 5.40 Å². The normalized spacial score (nSPS) is 12.3. The van der Waals surface area contributed by atoms with E-state index < -0.39 is 0 Å². The van der Waals surface area contributed by atoms with Crippen LogP contribution in [0.15, 0.2) is 12.1 Å². The molecule has 0 aromatic carbocycles. The average Bonchev–Trinajstić information content (AvgIpc) is 2.63. The first kappa shape index (κ1) is 12.6. The zero-order valence-electron chi connectivity index (χ0n) is 9.32. The van der Waals surface area contributed by atoms with Crippen molar-refractivity contribution in [3.05, 3.63) is 21.9 Å². The summed E-state index contributed by atoms with van der Waals surface area (Å²) in [7, 11) is 0. The van der Waals surface area contributed by atoms with Crippen molar-refractivity contribution in [1.82, 2.24) is 0 Å². The van der Waals surface area contributed by atoms with E-state index in [4.69, 9.17) is 5.26 Å². The summed E-state index contributed by atoms with van der Waals surface area (Å²) in [5.41, 5.74) is 0. The molecule has 0 fully saturated rings. The number of thiocyanates is 1. The lowest BCUT2D eigenvalue weighted by Crippen LogP contribution is -2.00. The van der Waals surface area contributed by atoms with Crippen molar-refractivity contribution >= 4 is 23.1 Å². The van der Waals surface area contributed by atoms with Gasteiger partial charge in [-0.15, -0.1) is 11.3 Å². The van der Waals surface area contributed by atoms with Crippen molar-refractivity contribution in [1.29, 1.82) is 5.26 Å². The van der Waals surface area contributed by atoms with Crippen molar-refractivity contribution < 1.29 is 0 Å². The molecule has 1 heterocycles. The summed E-state index contributed by atoms with van der Waals surface area (Å²) >= 11 is 3.29. The third kappa shape index (κ3) is 4.72. The van der Waals surface area contributed by atoms with E-state index in [0.717, 1.165) is 12.2 Å². The van der Waals surface area contributed by atoms with Crippen molar-refractivity contribution in [2.24, 2.45) is 5.92 Å². The Kier molecular flexibility index (Phi) is 5.82. The van der Waals surface area contributed by atoms with Crippen LogP contribution in [-0.4, -0.2) is 5.75 Å². The van der Waals surface area contributed by atoms with Gasteiger partial charge in [0.05, 0.1) is 0 Å². The fourth-order valence-corrected chi connectivity index (χ4v) is 3.25. The van der Waals surface area contributed by atoms with E-state index in [9.17, 15) is 0 Å². The molecule has 1 aromatic rings. The second kappa shape index (κ2) is 6.92. The molecule has 0 bridgehead atoms. The Bertz CT molecular complexity index is 325. The zero-order chi connectivity index (χ0) is 11.1. The Morgan fingerprint density at radius 2 is 2.20 bits per heavy atom. The van der Waals surface area contributed by atoms with Crippen molar-refractivity contribution in [3.63, 3.8) is 0 Å². The van der Waals surface area contributed by atoms with E-state index in [1.165, 1.54) is 34.4 Å². The van der Waals surface area contributed by atoms with E-state index in [1.54, 1.807) is 0 Å². The first-order chi connectivity index (χ1) is 7.26. The van der Waals surface area contributed by atoms with E-state index in [1.807, 2.05) is 11.3 Å². The molecule has 1 aromatic heterocycles. The molecule has 0 aliphatic rings. The van der Waals surface area contributed by atoms with Crippen LogP contribution in [-0.2, 0) is 12.8 Å². The molecule has 0 aliphatic carbocycles. The van der Waals surface area contributed by atoms with Gasteiger partial charge in [-0.2, -0.15) is 5.26 Å². The van der Waals surface area contributed by atoms with Crippen molar-refractivity contribution in [3.8, 4) is 5.40 Å². The number of hydrogen-bond acceptors (Lipinski definition) is 3. The summed E-state index contributed by atoms with van der Waals surface area (Å²) in [5.74, 6) is 1.54. The second-order valence-electron chi connectivity index (χ2n) is 3.83. The standard InChI is InChI=1S/C12H17NS2/c1-3-4-11-5-6-12(15-11)7-10(2)8-14-9-13/h5-6,10H,3-4,7-8H2,1-2H3. The minimum atomic E-state index is 0.600. The molecule has 1 nitrogen and oxygen atoms in total. The fourth-order valence-electron chi connectivity index (χ4n) is 1.49. The molecule has 0 amide bonds. The molecule has 0 radical (unpaired) electrons. The molecule has 1 rings (SSSR count). The van der Waals surface area contributed by atoms with Crippen molar-refractivity contribution in [2.75, 3.05) is 5.75 Å². The summed E-state index contributed by atoms with van der Waals surface area (Å²) < 4.78 is 0. The summed E-state index contributed by atoms with van der Waals surface area (Å²) in [6.07, 6.45) is 3.54. The van der Waals surface area contributed by atoms with Crippen LogP contribution in [0.3, 0.4) is 0 Å². The average molecular weight is 239 g/mol. The van der Waals surface area contributed by atoms with Gasteiger partial charge < -0.3 is 0 Å². The summed E-state index contributed by atoms with van der Waals surface area (Å²) in [4.78, 5) is 2.96. The summed E-state index contributed by atoms with van der Waals surface area (Å²) in [6.45, 7) is 4.43. The lowest BCUT2D eigenvalue weighted by molar-refractivity contribution is 0.667. The van der Waals surface area contributed by atoms with Gasteiger partial charge in [0.2, 0.25) is 0 Å². The van der Waals surface area contributed by atoms with E-state index >= 15 is 0 Å². The smallest absolute Gasteiger partial charge is 0.133 e. The van der Waals surface area contributed by atoms with E-state index in [0.29, 0.717) is 5.92 Å². The van der Waals surface area contributed by atoms with Crippen molar-refractivity contribution in [2.45, 2.75) is 33.1 Å². The molecular weight excluding hydrogens is 222 g/mol. The molecule has 3 heteroatoms. The van der Waals surface area contributed by atoms with Crippen LogP contribution in [0.2, 0.25) is 0 Å². The third-order valence-corrected chi connectivity index (χ3v) is 4.23. The predicted octanol–water partition coefficient (Wildman–Crippen LogP) is 4.09. The molecule has 1 atom stereocenters. The number of rotatable bonds is 6. The minimum Gasteiger partial charge on any atom is -0.185 e. The second-order valence-corrected chi connectivity index (χ2v) is 5.89. The monoisotopic (exact) mass is 239 g/mol. The Morgan fingerprint density at radius 3 is 2.87 bits per heavy atom. The number of nitrogens with zero attached hydrogens (tertiary/aromatic N) is 1. The lowest BCUT2D eigenvalue weighted by Gasteiger charge is -2.05. The number of thiophene rings is 1. The Hall–Kier alpha value is -0.460. The maximum atomic E-state index is 8.47. The topological polar surface area (TPSA) is 23.8 Å². The maximum absolute atomic E-state index is 8.47. The maximum Gasteiger partial charge on any atom is 0.133 e. The highest BCUT2D eigenvalue weighted by molar-refractivity contribution is 8.03. The van der Waals surface area contributed by atoms with Gasteiger partial charge in [-0.25, -0.2) is 0 Å². The van der Waals surface area contributed by atoms with Crippen LogP contribution in [0.5, 0.6) is 0 Å². The molecule has 1 unspecified atom stereocenters. The Morgan fingerprint density at radius 1 is 1.47 bits per heavy atom. The van der Waals surface area contributed by atoms with Gasteiger partial charge in [-0.1, -0.05) is 20.3 Å². The Balaban J connectivity index is 2.39. The SMILES string of the molecule is CCCc1ccc(CC(C)CSC#N)s1. The molecule has 0 saturated carbocycles. The number of aryl methyl sites for hydroxylation is 1. The highest BCUT2D eigenvalue weighted by atomic mass is 32.2. The highest BCUT2D eigenvalue weighted by Gasteiger charge is 2.06. The fraction of sp³-hybridized carbons (Fsp3) is 0.583. The number of nitriles is 1. The molecule has 0 N–H and O–H groups in total. The van der Waals surface area contributed by atoms with Crippen LogP contribution in [0.1, 0.15) is 30.0 Å². The number of thioether (sulfide) groups is 1. The van der Waals surface area contributed by atoms with Crippen LogP contribution in [0, 0.1) is 16.6 Å². The molecule has 0 aliphatic heterocycles. The van der Waals surface area contributed by atoms with Gasteiger partial charge in [-0.3, -0.25) is 0 Å². The van der Waals surface area contributed by atoms with Gasteiger partial charge >= 0.3 is 0 Å². The molecular formula is C12H17NS2. The molecule has 0 spiro atoms. The largest absolute Gasteiger partial charge is 0.185 e.